The number of halogens is 2. The Hall–Kier alpha value is -1.18. The number of carbonyl (C=O) groups is 1. The van der Waals surface area contributed by atoms with Crippen molar-refractivity contribution >= 4 is 66.8 Å². The van der Waals surface area contributed by atoms with Gasteiger partial charge in [-0.05, 0) is 59.3 Å². The zero-order chi connectivity index (χ0) is 15.0. The highest BCUT2D eigenvalue weighted by molar-refractivity contribution is 14.1. The molecule has 0 spiro atoms. The number of amides is 1. The minimum absolute atomic E-state index is 0.150. The number of rotatable bonds is 2. The smallest absolute Gasteiger partial charge is 0.258 e. The lowest BCUT2D eigenvalue weighted by molar-refractivity contribution is 0.102. The van der Waals surface area contributed by atoms with E-state index in [1.165, 1.54) is 11.3 Å². The molecule has 0 unspecified atom stereocenters. The first-order valence-corrected chi connectivity index (χ1v) is 8.44. The highest BCUT2D eigenvalue weighted by Gasteiger charge is 2.13. The third-order valence-electron chi connectivity index (χ3n) is 2.99. The monoisotopic (exact) mass is 428 g/mol. The van der Waals surface area contributed by atoms with E-state index >= 15 is 0 Å². The van der Waals surface area contributed by atoms with E-state index in [9.17, 15) is 4.79 Å². The van der Waals surface area contributed by atoms with Gasteiger partial charge >= 0.3 is 0 Å². The number of anilines is 1. The van der Waals surface area contributed by atoms with Crippen molar-refractivity contribution < 1.29 is 4.79 Å². The van der Waals surface area contributed by atoms with Crippen LogP contribution in [0.25, 0.3) is 10.2 Å². The van der Waals surface area contributed by atoms with Crippen LogP contribution in [0.1, 0.15) is 15.9 Å². The van der Waals surface area contributed by atoms with Gasteiger partial charge in [0, 0.05) is 8.59 Å². The Morgan fingerprint density at radius 3 is 2.86 bits per heavy atom. The number of carbonyl (C=O) groups excluding carboxylic acids is 1. The topological polar surface area (TPSA) is 42.0 Å². The molecule has 0 aliphatic carbocycles. The molecule has 0 radical (unpaired) electrons. The second-order valence-electron chi connectivity index (χ2n) is 4.52. The Kier molecular flexibility index (Phi) is 4.14. The molecule has 21 heavy (non-hydrogen) atoms. The van der Waals surface area contributed by atoms with Crippen LogP contribution in [0, 0.1) is 10.5 Å². The van der Waals surface area contributed by atoms with E-state index < -0.39 is 0 Å². The lowest BCUT2D eigenvalue weighted by Gasteiger charge is -2.03. The molecule has 0 bridgehead atoms. The fraction of sp³-hybridized carbons (Fsp3) is 0.0667. The molecule has 3 aromatic rings. The number of thiazole rings is 1. The number of benzene rings is 2. The van der Waals surface area contributed by atoms with Gasteiger partial charge in [0.1, 0.15) is 0 Å². The van der Waals surface area contributed by atoms with Crippen molar-refractivity contribution in [2.75, 3.05) is 5.32 Å². The van der Waals surface area contributed by atoms with Crippen molar-refractivity contribution in [1.29, 1.82) is 0 Å². The molecular formula is C15H10ClIN2OS. The molecule has 0 saturated heterocycles. The summed E-state index contributed by atoms with van der Waals surface area (Å²) in [6.07, 6.45) is 0. The van der Waals surface area contributed by atoms with E-state index in [-0.39, 0.29) is 5.91 Å². The van der Waals surface area contributed by atoms with Crippen molar-refractivity contribution in [1.82, 2.24) is 4.98 Å². The van der Waals surface area contributed by atoms with Crippen LogP contribution in [0.5, 0.6) is 0 Å². The van der Waals surface area contributed by atoms with Gasteiger partial charge in [0.05, 0.1) is 15.8 Å². The van der Waals surface area contributed by atoms with Gasteiger partial charge in [-0.25, -0.2) is 4.98 Å². The van der Waals surface area contributed by atoms with Crippen molar-refractivity contribution in [3.63, 3.8) is 0 Å². The Bertz CT molecular complexity index is 847. The molecule has 0 atom stereocenters. The summed E-state index contributed by atoms with van der Waals surface area (Å²) in [7, 11) is 0. The first kappa shape index (κ1) is 14.7. The number of hydrogen-bond acceptors (Lipinski definition) is 3. The molecule has 0 aliphatic heterocycles. The summed E-state index contributed by atoms with van der Waals surface area (Å²) in [5, 5.41) is 4.12. The Morgan fingerprint density at radius 2 is 2.10 bits per heavy atom. The normalized spacial score (nSPS) is 10.8. The van der Waals surface area contributed by atoms with E-state index in [4.69, 9.17) is 11.6 Å². The Morgan fingerprint density at radius 1 is 1.33 bits per heavy atom. The minimum atomic E-state index is -0.150. The minimum Gasteiger partial charge on any atom is -0.298 e. The van der Waals surface area contributed by atoms with Gasteiger partial charge in [0.2, 0.25) is 0 Å². The van der Waals surface area contributed by atoms with Crippen molar-refractivity contribution in [3.8, 4) is 0 Å². The third-order valence-corrected chi connectivity index (χ3v) is 5.07. The molecule has 1 aromatic heterocycles. The maximum atomic E-state index is 12.3. The summed E-state index contributed by atoms with van der Waals surface area (Å²) in [6.45, 7) is 1.96. The molecule has 1 amide bonds. The second kappa shape index (κ2) is 5.90. The molecule has 1 N–H and O–H groups in total. The van der Waals surface area contributed by atoms with Crippen molar-refractivity contribution in [2.45, 2.75) is 6.92 Å². The van der Waals surface area contributed by atoms with Gasteiger partial charge in [0.25, 0.3) is 5.91 Å². The van der Waals surface area contributed by atoms with E-state index in [1.807, 2.05) is 37.3 Å². The summed E-state index contributed by atoms with van der Waals surface area (Å²) in [4.78, 5) is 16.8. The van der Waals surface area contributed by atoms with Crippen LogP contribution >= 0.6 is 45.5 Å². The van der Waals surface area contributed by atoms with Gasteiger partial charge in [0.15, 0.2) is 5.13 Å². The zero-order valence-corrected chi connectivity index (χ0v) is 14.7. The largest absolute Gasteiger partial charge is 0.298 e. The fourth-order valence-electron chi connectivity index (χ4n) is 2.02. The van der Waals surface area contributed by atoms with Crippen LogP contribution in [0.3, 0.4) is 0 Å². The Balaban J connectivity index is 1.94. The third kappa shape index (κ3) is 3.04. The van der Waals surface area contributed by atoms with E-state index in [0.29, 0.717) is 15.7 Å². The SMILES string of the molecule is Cc1cc(Cl)cc2sc(NC(=O)c3ccccc3I)nc12. The molecule has 0 fully saturated rings. The van der Waals surface area contributed by atoms with Crippen LogP contribution in [0.15, 0.2) is 36.4 Å². The number of nitrogens with one attached hydrogen (secondary N) is 1. The van der Waals surface area contributed by atoms with E-state index in [1.54, 1.807) is 6.07 Å². The number of hydrogen-bond donors (Lipinski definition) is 1. The van der Waals surface area contributed by atoms with Crippen molar-refractivity contribution in [2.24, 2.45) is 0 Å². The van der Waals surface area contributed by atoms with Crippen molar-refractivity contribution in [3.05, 3.63) is 56.1 Å². The highest BCUT2D eigenvalue weighted by Crippen LogP contribution is 2.31. The summed E-state index contributed by atoms with van der Waals surface area (Å²) in [6, 6.07) is 11.2. The van der Waals surface area contributed by atoms with Gasteiger partial charge in [-0.1, -0.05) is 35.1 Å². The standard InChI is InChI=1S/C15H10ClIN2OS/c1-8-6-9(16)7-12-13(8)18-15(21-12)19-14(20)10-4-2-3-5-11(10)17/h2-7H,1H3,(H,18,19,20). The number of fused-ring (bicyclic) bond motifs is 1. The van der Waals surface area contributed by atoms with Gasteiger partial charge in [-0.2, -0.15) is 0 Å². The number of aryl methyl sites for hydroxylation is 1. The average Bonchev–Trinajstić information content (AvgIpc) is 2.81. The maximum Gasteiger partial charge on any atom is 0.258 e. The summed E-state index contributed by atoms with van der Waals surface area (Å²) in [5.74, 6) is -0.150. The summed E-state index contributed by atoms with van der Waals surface area (Å²) in [5.41, 5.74) is 2.53. The first-order valence-electron chi connectivity index (χ1n) is 6.17. The molecule has 0 aliphatic rings. The molecule has 0 saturated carbocycles. The second-order valence-corrected chi connectivity index (χ2v) is 7.15. The Labute approximate surface area is 144 Å². The van der Waals surface area contributed by atoms with Crippen LogP contribution < -0.4 is 5.32 Å². The molecule has 6 heteroatoms. The van der Waals surface area contributed by atoms with Gasteiger partial charge in [-0.15, -0.1) is 0 Å². The number of nitrogens with zero attached hydrogens (tertiary/aromatic N) is 1. The van der Waals surface area contributed by atoms with E-state index in [2.05, 4.69) is 32.9 Å². The van der Waals surface area contributed by atoms with E-state index in [0.717, 1.165) is 19.4 Å². The first-order chi connectivity index (χ1) is 10.0. The van der Waals surface area contributed by atoms with Crippen LogP contribution in [0.4, 0.5) is 5.13 Å². The highest BCUT2D eigenvalue weighted by atomic mass is 127. The summed E-state index contributed by atoms with van der Waals surface area (Å²) >= 11 is 9.62. The molecular weight excluding hydrogens is 419 g/mol. The zero-order valence-electron chi connectivity index (χ0n) is 11.0. The predicted octanol–water partition coefficient (Wildman–Crippen LogP) is 5.12. The average molecular weight is 429 g/mol. The van der Waals surface area contributed by atoms with Crippen LogP contribution in [-0.2, 0) is 0 Å². The molecule has 2 aromatic carbocycles. The maximum absolute atomic E-state index is 12.3. The van der Waals surface area contributed by atoms with Gasteiger partial charge in [-0.3, -0.25) is 10.1 Å². The number of aromatic nitrogens is 1. The quantitative estimate of drug-likeness (QED) is 0.576. The fourth-order valence-corrected chi connectivity index (χ4v) is 3.97. The lowest BCUT2D eigenvalue weighted by atomic mass is 10.2. The summed E-state index contributed by atoms with van der Waals surface area (Å²) < 4.78 is 1.88. The van der Waals surface area contributed by atoms with Crippen LogP contribution in [-0.4, -0.2) is 10.9 Å². The molecule has 106 valence electrons. The lowest BCUT2D eigenvalue weighted by Crippen LogP contribution is -2.12. The molecule has 3 rings (SSSR count). The van der Waals surface area contributed by atoms with Gasteiger partial charge < -0.3 is 0 Å². The molecule has 3 nitrogen and oxygen atoms in total. The molecule has 1 heterocycles. The van der Waals surface area contributed by atoms with Crippen LogP contribution in [0.2, 0.25) is 5.02 Å². The predicted molar refractivity (Wildman–Crippen MR) is 96.5 cm³/mol.